The first-order valence-corrected chi connectivity index (χ1v) is 6.19. The van der Waals surface area contributed by atoms with Crippen LogP contribution in [0.5, 0.6) is 5.75 Å². The number of hydrogen-bond donors (Lipinski definition) is 2. The minimum atomic E-state index is 0.422. The van der Waals surface area contributed by atoms with Gasteiger partial charge in [-0.2, -0.15) is 5.26 Å². The van der Waals surface area contributed by atoms with E-state index < -0.39 is 0 Å². The number of aromatic nitrogens is 1. The maximum atomic E-state index is 8.92. The SMILES string of the molecule is Cc1cc(C#N)cc(C)c1OCc1ccc(NN)nc1. The van der Waals surface area contributed by atoms with Crippen molar-refractivity contribution in [3.63, 3.8) is 0 Å². The summed E-state index contributed by atoms with van der Waals surface area (Å²) < 4.78 is 5.83. The van der Waals surface area contributed by atoms with Crippen LogP contribution in [0.4, 0.5) is 5.82 Å². The summed E-state index contributed by atoms with van der Waals surface area (Å²) in [7, 11) is 0. The molecule has 0 atom stereocenters. The molecule has 1 aromatic carbocycles. The summed E-state index contributed by atoms with van der Waals surface area (Å²) in [5, 5.41) is 8.92. The zero-order valence-electron chi connectivity index (χ0n) is 11.5. The number of aryl methyl sites for hydroxylation is 2. The molecule has 0 radical (unpaired) electrons. The van der Waals surface area contributed by atoms with Gasteiger partial charge in [-0.15, -0.1) is 0 Å². The van der Waals surface area contributed by atoms with Crippen molar-refractivity contribution in [1.29, 1.82) is 5.26 Å². The lowest BCUT2D eigenvalue weighted by atomic mass is 10.1. The smallest absolute Gasteiger partial charge is 0.139 e. The number of rotatable bonds is 4. The number of hydrazine groups is 1. The van der Waals surface area contributed by atoms with Gasteiger partial charge in [0.2, 0.25) is 0 Å². The van der Waals surface area contributed by atoms with Crippen molar-refractivity contribution >= 4 is 5.82 Å². The van der Waals surface area contributed by atoms with Gasteiger partial charge in [-0.3, -0.25) is 0 Å². The first kappa shape index (κ1) is 13.8. The van der Waals surface area contributed by atoms with Gasteiger partial charge in [0.1, 0.15) is 18.2 Å². The van der Waals surface area contributed by atoms with E-state index in [1.54, 1.807) is 12.3 Å². The van der Waals surface area contributed by atoms with Crippen LogP contribution in [0, 0.1) is 25.2 Å². The van der Waals surface area contributed by atoms with Crippen molar-refractivity contribution < 1.29 is 4.74 Å². The normalized spacial score (nSPS) is 9.90. The highest BCUT2D eigenvalue weighted by Gasteiger charge is 2.07. The molecular weight excluding hydrogens is 252 g/mol. The number of nitrogens with two attached hydrogens (primary N) is 1. The Kier molecular flexibility index (Phi) is 4.18. The highest BCUT2D eigenvalue weighted by molar-refractivity contribution is 5.47. The Morgan fingerprint density at radius 1 is 1.30 bits per heavy atom. The first-order valence-electron chi connectivity index (χ1n) is 6.19. The fourth-order valence-corrected chi connectivity index (χ4v) is 1.99. The van der Waals surface area contributed by atoms with Gasteiger partial charge in [0, 0.05) is 11.8 Å². The van der Waals surface area contributed by atoms with Gasteiger partial charge in [0.15, 0.2) is 0 Å². The molecule has 0 saturated heterocycles. The predicted octanol–water partition coefficient (Wildman–Crippen LogP) is 2.43. The van der Waals surface area contributed by atoms with Crippen LogP contribution in [-0.4, -0.2) is 4.98 Å². The Morgan fingerprint density at radius 2 is 2.00 bits per heavy atom. The number of pyridine rings is 1. The zero-order chi connectivity index (χ0) is 14.5. The molecule has 0 aliphatic rings. The molecule has 0 unspecified atom stereocenters. The second-order valence-corrected chi connectivity index (χ2v) is 4.54. The van der Waals surface area contributed by atoms with Crippen LogP contribution < -0.4 is 16.0 Å². The lowest BCUT2D eigenvalue weighted by Gasteiger charge is -2.12. The fraction of sp³-hybridized carbons (Fsp3) is 0.200. The highest BCUT2D eigenvalue weighted by atomic mass is 16.5. The van der Waals surface area contributed by atoms with E-state index in [9.17, 15) is 0 Å². The van der Waals surface area contributed by atoms with Crippen LogP contribution in [0.25, 0.3) is 0 Å². The van der Waals surface area contributed by atoms with E-state index >= 15 is 0 Å². The van der Waals surface area contributed by atoms with Gasteiger partial charge in [0.05, 0.1) is 11.6 Å². The molecule has 0 saturated carbocycles. The molecule has 2 rings (SSSR count). The lowest BCUT2D eigenvalue weighted by Crippen LogP contribution is -2.08. The van der Waals surface area contributed by atoms with Crippen LogP contribution in [0.2, 0.25) is 0 Å². The number of hydrogen-bond acceptors (Lipinski definition) is 5. The Labute approximate surface area is 118 Å². The second kappa shape index (κ2) is 6.04. The Morgan fingerprint density at radius 3 is 2.50 bits per heavy atom. The third kappa shape index (κ3) is 3.05. The predicted molar refractivity (Wildman–Crippen MR) is 77.0 cm³/mol. The van der Waals surface area contributed by atoms with Crippen molar-refractivity contribution in [2.75, 3.05) is 5.43 Å². The molecule has 3 N–H and O–H groups in total. The van der Waals surface area contributed by atoms with E-state index in [1.165, 1.54) is 0 Å². The molecule has 1 heterocycles. The highest BCUT2D eigenvalue weighted by Crippen LogP contribution is 2.25. The van der Waals surface area contributed by atoms with E-state index in [2.05, 4.69) is 16.5 Å². The molecule has 0 bridgehead atoms. The third-order valence-corrected chi connectivity index (χ3v) is 2.95. The van der Waals surface area contributed by atoms with E-state index in [0.717, 1.165) is 22.4 Å². The van der Waals surface area contributed by atoms with Gasteiger partial charge in [-0.05, 0) is 43.2 Å². The molecule has 0 aliphatic heterocycles. The van der Waals surface area contributed by atoms with Gasteiger partial charge < -0.3 is 10.2 Å². The monoisotopic (exact) mass is 268 g/mol. The maximum absolute atomic E-state index is 8.92. The summed E-state index contributed by atoms with van der Waals surface area (Å²) in [5.74, 6) is 6.68. The molecule has 0 spiro atoms. The minimum absolute atomic E-state index is 0.422. The van der Waals surface area contributed by atoms with Crippen molar-refractivity contribution in [2.24, 2.45) is 5.84 Å². The number of nitrogens with zero attached hydrogens (tertiary/aromatic N) is 2. The topological polar surface area (TPSA) is 84.0 Å². The summed E-state index contributed by atoms with van der Waals surface area (Å²) in [4.78, 5) is 4.12. The molecule has 0 fully saturated rings. The quantitative estimate of drug-likeness (QED) is 0.657. The van der Waals surface area contributed by atoms with E-state index in [4.69, 9.17) is 15.8 Å². The van der Waals surface area contributed by atoms with Crippen LogP contribution in [0.15, 0.2) is 30.5 Å². The molecule has 0 amide bonds. The van der Waals surface area contributed by atoms with Crippen molar-refractivity contribution in [2.45, 2.75) is 20.5 Å². The Balaban J connectivity index is 2.12. The van der Waals surface area contributed by atoms with Crippen molar-refractivity contribution in [3.05, 3.63) is 52.7 Å². The molecule has 2 aromatic rings. The van der Waals surface area contributed by atoms with E-state index in [0.29, 0.717) is 18.0 Å². The maximum Gasteiger partial charge on any atom is 0.139 e. The Bertz CT molecular complexity index is 621. The van der Waals surface area contributed by atoms with Crippen LogP contribution >= 0.6 is 0 Å². The number of benzene rings is 1. The number of ether oxygens (including phenoxy) is 1. The number of nitrogen functional groups attached to an aromatic ring is 1. The lowest BCUT2D eigenvalue weighted by molar-refractivity contribution is 0.301. The number of nitriles is 1. The summed E-state index contributed by atoms with van der Waals surface area (Å²) in [6.45, 7) is 4.29. The van der Waals surface area contributed by atoms with E-state index in [-0.39, 0.29) is 0 Å². The molecule has 102 valence electrons. The summed E-state index contributed by atoms with van der Waals surface area (Å²) in [5.41, 5.74) is 5.98. The molecule has 5 nitrogen and oxygen atoms in total. The number of nitrogens with one attached hydrogen (secondary N) is 1. The second-order valence-electron chi connectivity index (χ2n) is 4.54. The van der Waals surface area contributed by atoms with Gasteiger partial charge in [-0.1, -0.05) is 6.07 Å². The molecule has 20 heavy (non-hydrogen) atoms. The van der Waals surface area contributed by atoms with Gasteiger partial charge in [-0.25, -0.2) is 10.8 Å². The van der Waals surface area contributed by atoms with Gasteiger partial charge in [0.25, 0.3) is 0 Å². The fourth-order valence-electron chi connectivity index (χ4n) is 1.99. The summed E-state index contributed by atoms with van der Waals surface area (Å²) >= 11 is 0. The molecular formula is C15H16N4O. The molecule has 1 aromatic heterocycles. The van der Waals surface area contributed by atoms with Crippen LogP contribution in [0.3, 0.4) is 0 Å². The third-order valence-electron chi connectivity index (χ3n) is 2.95. The average Bonchev–Trinajstić information content (AvgIpc) is 2.46. The minimum Gasteiger partial charge on any atom is -0.488 e. The molecule has 0 aliphatic carbocycles. The van der Waals surface area contributed by atoms with Crippen LogP contribution in [-0.2, 0) is 6.61 Å². The molecule has 5 heteroatoms. The Hall–Kier alpha value is -2.58. The largest absolute Gasteiger partial charge is 0.488 e. The number of anilines is 1. The summed E-state index contributed by atoms with van der Waals surface area (Å²) in [6, 6.07) is 9.47. The van der Waals surface area contributed by atoms with E-state index in [1.807, 2.05) is 32.0 Å². The van der Waals surface area contributed by atoms with Crippen LogP contribution in [0.1, 0.15) is 22.3 Å². The first-order chi connectivity index (χ1) is 9.63. The van der Waals surface area contributed by atoms with Crippen molar-refractivity contribution in [1.82, 2.24) is 4.98 Å². The standard InChI is InChI=1S/C15H16N4O/c1-10-5-13(7-16)6-11(2)15(10)20-9-12-3-4-14(19-17)18-8-12/h3-6,8H,9,17H2,1-2H3,(H,18,19). The average molecular weight is 268 g/mol. The van der Waals surface area contributed by atoms with Gasteiger partial charge >= 0.3 is 0 Å². The van der Waals surface area contributed by atoms with Crippen molar-refractivity contribution in [3.8, 4) is 11.8 Å². The summed E-state index contributed by atoms with van der Waals surface area (Å²) in [6.07, 6.45) is 1.71. The zero-order valence-corrected chi connectivity index (χ0v) is 11.5.